The van der Waals surface area contributed by atoms with Crippen molar-refractivity contribution < 1.29 is 4.74 Å². The van der Waals surface area contributed by atoms with Gasteiger partial charge in [-0.1, -0.05) is 53.7 Å². The summed E-state index contributed by atoms with van der Waals surface area (Å²) >= 11 is 0. The van der Waals surface area contributed by atoms with Crippen molar-refractivity contribution >= 4 is 0 Å². The number of hydrogen-bond donors (Lipinski definition) is 0. The summed E-state index contributed by atoms with van der Waals surface area (Å²) in [4.78, 5) is 0. The van der Waals surface area contributed by atoms with Crippen LogP contribution in [0, 0.1) is 6.92 Å². The molecule has 1 unspecified atom stereocenters. The van der Waals surface area contributed by atoms with Crippen LogP contribution in [0.2, 0.25) is 0 Å². The summed E-state index contributed by atoms with van der Waals surface area (Å²) < 4.78 is 5.92. The normalized spacial score (nSPS) is 12.8. The van der Waals surface area contributed by atoms with Crippen molar-refractivity contribution in [3.63, 3.8) is 0 Å². The van der Waals surface area contributed by atoms with Gasteiger partial charge in [0.25, 0.3) is 0 Å². The number of ether oxygens (including phenoxy) is 1. The van der Waals surface area contributed by atoms with E-state index in [4.69, 9.17) is 4.74 Å². The van der Waals surface area contributed by atoms with Crippen molar-refractivity contribution in [3.05, 3.63) is 36.2 Å². The summed E-state index contributed by atoms with van der Waals surface area (Å²) in [6.45, 7) is 19.6. The highest BCUT2D eigenvalue weighted by atomic mass is 16.5. The second-order valence-corrected chi connectivity index (χ2v) is 7.11. The van der Waals surface area contributed by atoms with Crippen LogP contribution in [0.25, 0.3) is 0 Å². The summed E-state index contributed by atoms with van der Waals surface area (Å²) in [6.07, 6.45) is 2.18. The van der Waals surface area contributed by atoms with Gasteiger partial charge in [-0.3, -0.25) is 0 Å². The molecule has 1 aromatic carbocycles. The van der Waals surface area contributed by atoms with Gasteiger partial charge in [0.1, 0.15) is 5.75 Å². The molecule has 1 rings (SSSR count). The van der Waals surface area contributed by atoms with E-state index in [2.05, 4.69) is 66.7 Å². The Hall–Kier alpha value is -0.980. The molecular formula is C19H31O. The monoisotopic (exact) mass is 275 g/mol. The average Bonchev–Trinajstić information content (AvgIpc) is 2.38. The van der Waals surface area contributed by atoms with Crippen molar-refractivity contribution in [3.8, 4) is 5.75 Å². The molecule has 0 saturated carbocycles. The third-order valence-corrected chi connectivity index (χ3v) is 4.59. The molecule has 20 heavy (non-hydrogen) atoms. The minimum absolute atomic E-state index is 0.0357. The highest BCUT2D eigenvalue weighted by Gasteiger charge is 2.26. The van der Waals surface area contributed by atoms with Gasteiger partial charge >= 0.3 is 0 Å². The fourth-order valence-corrected chi connectivity index (χ4v) is 2.19. The van der Waals surface area contributed by atoms with E-state index < -0.39 is 0 Å². The molecule has 1 atom stereocenters. The van der Waals surface area contributed by atoms with Crippen LogP contribution in [-0.4, -0.2) is 6.10 Å². The molecule has 0 aliphatic heterocycles. The molecule has 0 spiro atoms. The largest absolute Gasteiger partial charge is 0.490 e. The highest BCUT2D eigenvalue weighted by molar-refractivity contribution is 5.44. The summed E-state index contributed by atoms with van der Waals surface area (Å²) in [5, 5.41) is 0. The van der Waals surface area contributed by atoms with E-state index in [0.29, 0.717) is 0 Å². The summed E-state index contributed by atoms with van der Waals surface area (Å²) in [7, 11) is 0. The Bertz CT molecular complexity index is 441. The zero-order valence-electron chi connectivity index (χ0n) is 14.3. The minimum atomic E-state index is -0.0357. The molecule has 0 fully saturated rings. The lowest BCUT2D eigenvalue weighted by Gasteiger charge is -2.31. The van der Waals surface area contributed by atoms with Gasteiger partial charge in [-0.05, 0) is 49.1 Å². The van der Waals surface area contributed by atoms with Gasteiger partial charge < -0.3 is 4.74 Å². The van der Waals surface area contributed by atoms with E-state index in [1.165, 1.54) is 11.1 Å². The van der Waals surface area contributed by atoms with E-state index >= 15 is 0 Å². The molecule has 1 aromatic rings. The topological polar surface area (TPSA) is 9.23 Å². The summed E-state index contributed by atoms with van der Waals surface area (Å²) in [6, 6.07) is 6.67. The molecule has 0 aliphatic carbocycles. The van der Waals surface area contributed by atoms with E-state index in [0.717, 1.165) is 18.6 Å². The Morgan fingerprint density at radius 1 is 1.05 bits per heavy atom. The number of benzene rings is 1. The second kappa shape index (κ2) is 6.20. The molecule has 0 bridgehead atoms. The van der Waals surface area contributed by atoms with Crippen molar-refractivity contribution in [2.75, 3.05) is 0 Å². The third kappa shape index (κ3) is 3.77. The molecule has 0 N–H and O–H groups in total. The lowest BCUT2D eigenvalue weighted by atomic mass is 9.76. The van der Waals surface area contributed by atoms with Gasteiger partial charge in [-0.2, -0.15) is 0 Å². The van der Waals surface area contributed by atoms with E-state index in [1.807, 2.05) is 6.92 Å². The quantitative estimate of drug-likeness (QED) is 0.650. The van der Waals surface area contributed by atoms with Crippen molar-refractivity contribution in [1.82, 2.24) is 0 Å². The van der Waals surface area contributed by atoms with Gasteiger partial charge in [0.05, 0.1) is 6.10 Å². The zero-order valence-corrected chi connectivity index (χ0v) is 14.3. The molecule has 1 radical (unpaired) electrons. The fraction of sp³-hybridized carbons (Fsp3) is 0.632. The minimum Gasteiger partial charge on any atom is -0.490 e. The molecule has 1 nitrogen and oxygen atoms in total. The van der Waals surface area contributed by atoms with Gasteiger partial charge in [-0.15, -0.1) is 0 Å². The lowest BCUT2D eigenvalue weighted by molar-refractivity contribution is 0.259. The Labute approximate surface area is 125 Å². The number of rotatable bonds is 6. The van der Waals surface area contributed by atoms with Crippen molar-refractivity contribution in [2.45, 2.75) is 78.2 Å². The lowest BCUT2D eigenvalue weighted by Crippen LogP contribution is -2.22. The smallest absolute Gasteiger partial charge is 0.123 e. The molecular weight excluding hydrogens is 244 g/mol. The second-order valence-electron chi connectivity index (χ2n) is 7.11. The molecule has 0 saturated heterocycles. The first kappa shape index (κ1) is 17.1. The first-order valence-corrected chi connectivity index (χ1v) is 7.78. The maximum Gasteiger partial charge on any atom is 0.123 e. The van der Waals surface area contributed by atoms with Crippen LogP contribution in [-0.2, 0) is 10.8 Å². The number of hydrogen-bond acceptors (Lipinski definition) is 1. The van der Waals surface area contributed by atoms with E-state index in [1.54, 1.807) is 0 Å². The van der Waals surface area contributed by atoms with Crippen LogP contribution >= 0.6 is 0 Å². The fourth-order valence-electron chi connectivity index (χ4n) is 2.19. The SMILES string of the molecule is [CH2]C(C)Oc1ccc(C(C)(C)CC)cc1C(C)(C)CC. The van der Waals surface area contributed by atoms with Crippen LogP contribution < -0.4 is 4.74 Å². The molecule has 0 aliphatic rings. The summed E-state index contributed by atoms with van der Waals surface area (Å²) in [5.74, 6) is 0.981. The van der Waals surface area contributed by atoms with Crippen LogP contribution in [0.1, 0.15) is 72.4 Å². The molecule has 0 aromatic heterocycles. The first-order chi connectivity index (χ1) is 9.14. The van der Waals surface area contributed by atoms with Gasteiger partial charge in [0.15, 0.2) is 0 Å². The Morgan fingerprint density at radius 3 is 2.05 bits per heavy atom. The Morgan fingerprint density at radius 2 is 1.60 bits per heavy atom. The average molecular weight is 275 g/mol. The molecule has 1 heteroatoms. The molecule has 113 valence electrons. The third-order valence-electron chi connectivity index (χ3n) is 4.59. The van der Waals surface area contributed by atoms with E-state index in [9.17, 15) is 0 Å². The van der Waals surface area contributed by atoms with Crippen LogP contribution in [0.3, 0.4) is 0 Å². The van der Waals surface area contributed by atoms with Crippen LogP contribution in [0.15, 0.2) is 18.2 Å². The van der Waals surface area contributed by atoms with Gasteiger partial charge in [0, 0.05) is 5.56 Å². The Balaban J connectivity index is 3.36. The predicted octanol–water partition coefficient (Wildman–Crippen LogP) is 5.66. The Kier molecular flexibility index (Phi) is 5.29. The maximum absolute atomic E-state index is 5.92. The molecule has 0 heterocycles. The first-order valence-electron chi connectivity index (χ1n) is 7.78. The molecule has 0 amide bonds. The highest BCUT2D eigenvalue weighted by Crippen LogP contribution is 2.38. The van der Waals surface area contributed by atoms with Crippen molar-refractivity contribution in [1.29, 1.82) is 0 Å². The van der Waals surface area contributed by atoms with Gasteiger partial charge in [0.2, 0.25) is 0 Å². The van der Waals surface area contributed by atoms with Crippen LogP contribution in [0.4, 0.5) is 0 Å². The van der Waals surface area contributed by atoms with Crippen molar-refractivity contribution in [2.24, 2.45) is 0 Å². The zero-order chi connectivity index (χ0) is 15.6. The van der Waals surface area contributed by atoms with Gasteiger partial charge in [-0.25, -0.2) is 0 Å². The van der Waals surface area contributed by atoms with Crippen LogP contribution in [0.5, 0.6) is 5.75 Å². The van der Waals surface area contributed by atoms with E-state index in [-0.39, 0.29) is 16.9 Å². The maximum atomic E-state index is 5.92. The summed E-state index contributed by atoms with van der Waals surface area (Å²) in [5.41, 5.74) is 3.01. The standard InChI is InChI=1S/C19H31O/c1-9-18(5,6)15-11-12-17(20-14(3)4)16(13-15)19(7,8)10-2/h11-14H,3,9-10H2,1-2,4-8H3. The predicted molar refractivity (Wildman–Crippen MR) is 88.5 cm³/mol.